The summed E-state index contributed by atoms with van der Waals surface area (Å²) in [5.41, 5.74) is 1.10. The van der Waals surface area contributed by atoms with Crippen LogP contribution in [0.4, 0.5) is 0 Å². The second-order valence-corrected chi connectivity index (χ2v) is 6.83. The SMILES string of the molecule is CCc1cnc(C(C)NCc2ccc(Br)cc2Cl)s1. The summed E-state index contributed by atoms with van der Waals surface area (Å²) in [5.74, 6) is 0. The highest BCUT2D eigenvalue weighted by atomic mass is 79.9. The molecule has 0 radical (unpaired) electrons. The fourth-order valence-electron chi connectivity index (χ4n) is 1.70. The molecule has 0 bridgehead atoms. The van der Waals surface area contributed by atoms with E-state index in [-0.39, 0.29) is 6.04 Å². The summed E-state index contributed by atoms with van der Waals surface area (Å²) in [6.07, 6.45) is 3.01. The molecule has 0 saturated heterocycles. The fraction of sp³-hybridized carbons (Fsp3) is 0.357. The van der Waals surface area contributed by atoms with E-state index in [1.807, 2.05) is 24.4 Å². The molecular formula is C14H16BrClN2S. The van der Waals surface area contributed by atoms with Gasteiger partial charge >= 0.3 is 0 Å². The van der Waals surface area contributed by atoms with Gasteiger partial charge in [0.15, 0.2) is 0 Å². The summed E-state index contributed by atoms with van der Waals surface area (Å²) >= 11 is 11.4. The summed E-state index contributed by atoms with van der Waals surface area (Å²) in [6.45, 7) is 5.02. The second kappa shape index (κ2) is 6.84. The lowest BCUT2D eigenvalue weighted by Crippen LogP contribution is -2.18. The average molecular weight is 360 g/mol. The minimum absolute atomic E-state index is 0.241. The molecule has 2 aromatic rings. The van der Waals surface area contributed by atoms with E-state index in [0.717, 1.165) is 33.0 Å². The van der Waals surface area contributed by atoms with Crippen molar-refractivity contribution >= 4 is 38.9 Å². The summed E-state index contributed by atoms with van der Waals surface area (Å²) in [6, 6.07) is 6.20. The lowest BCUT2D eigenvalue weighted by atomic mass is 10.2. The minimum Gasteiger partial charge on any atom is -0.304 e. The molecule has 1 aromatic carbocycles. The molecule has 1 atom stereocenters. The molecule has 0 fully saturated rings. The quantitative estimate of drug-likeness (QED) is 0.815. The molecule has 0 aliphatic carbocycles. The molecule has 0 aliphatic heterocycles. The Hall–Kier alpha value is -0.420. The molecule has 0 aliphatic rings. The number of rotatable bonds is 5. The van der Waals surface area contributed by atoms with E-state index < -0.39 is 0 Å². The van der Waals surface area contributed by atoms with Crippen LogP contribution in [0, 0.1) is 0 Å². The van der Waals surface area contributed by atoms with Gasteiger partial charge in [0.1, 0.15) is 5.01 Å². The smallest absolute Gasteiger partial charge is 0.109 e. The van der Waals surface area contributed by atoms with Crippen molar-refractivity contribution in [3.63, 3.8) is 0 Å². The molecule has 102 valence electrons. The van der Waals surface area contributed by atoms with Crippen LogP contribution in [0.5, 0.6) is 0 Å². The predicted molar refractivity (Wildman–Crippen MR) is 85.9 cm³/mol. The van der Waals surface area contributed by atoms with Crippen LogP contribution in [0.25, 0.3) is 0 Å². The number of aromatic nitrogens is 1. The molecule has 0 spiro atoms. The number of hydrogen-bond donors (Lipinski definition) is 1. The van der Waals surface area contributed by atoms with Crippen molar-refractivity contribution in [1.82, 2.24) is 10.3 Å². The Balaban J connectivity index is 1.98. The first kappa shape index (κ1) is 15.0. The van der Waals surface area contributed by atoms with Gasteiger partial charge in [0.05, 0.1) is 6.04 Å². The van der Waals surface area contributed by atoms with Crippen molar-refractivity contribution in [2.45, 2.75) is 32.9 Å². The second-order valence-electron chi connectivity index (χ2n) is 4.36. The Morgan fingerprint density at radius 1 is 1.47 bits per heavy atom. The Morgan fingerprint density at radius 3 is 2.89 bits per heavy atom. The van der Waals surface area contributed by atoms with E-state index in [2.05, 4.69) is 40.1 Å². The van der Waals surface area contributed by atoms with Crippen LogP contribution in [-0.2, 0) is 13.0 Å². The van der Waals surface area contributed by atoms with Crippen LogP contribution < -0.4 is 5.32 Å². The first-order valence-corrected chi connectivity index (χ1v) is 8.20. The number of hydrogen-bond acceptors (Lipinski definition) is 3. The maximum absolute atomic E-state index is 6.20. The van der Waals surface area contributed by atoms with Gasteiger partial charge < -0.3 is 5.32 Å². The van der Waals surface area contributed by atoms with E-state index in [1.54, 1.807) is 11.3 Å². The predicted octanol–water partition coefficient (Wildman–Crippen LogP) is 4.97. The number of aryl methyl sites for hydroxylation is 1. The molecular weight excluding hydrogens is 344 g/mol. The van der Waals surface area contributed by atoms with E-state index in [4.69, 9.17) is 11.6 Å². The third-order valence-electron chi connectivity index (χ3n) is 2.90. The number of nitrogens with zero attached hydrogens (tertiary/aromatic N) is 1. The summed E-state index contributed by atoms with van der Waals surface area (Å²) in [4.78, 5) is 5.78. The van der Waals surface area contributed by atoms with Crippen molar-refractivity contribution in [1.29, 1.82) is 0 Å². The standard InChI is InChI=1S/C14H16BrClN2S/c1-3-12-8-18-14(19-12)9(2)17-7-10-4-5-11(15)6-13(10)16/h4-6,8-9,17H,3,7H2,1-2H3. The minimum atomic E-state index is 0.241. The molecule has 2 rings (SSSR count). The van der Waals surface area contributed by atoms with Gasteiger partial charge in [-0.1, -0.05) is 40.5 Å². The van der Waals surface area contributed by atoms with Crippen LogP contribution >= 0.6 is 38.9 Å². The largest absolute Gasteiger partial charge is 0.304 e. The molecule has 0 amide bonds. The lowest BCUT2D eigenvalue weighted by molar-refractivity contribution is 0.572. The van der Waals surface area contributed by atoms with Crippen molar-refractivity contribution < 1.29 is 0 Å². The van der Waals surface area contributed by atoms with Crippen molar-refractivity contribution in [3.8, 4) is 0 Å². The molecule has 1 unspecified atom stereocenters. The van der Waals surface area contributed by atoms with Gasteiger partial charge in [-0.25, -0.2) is 4.98 Å². The maximum Gasteiger partial charge on any atom is 0.109 e. The third kappa shape index (κ3) is 4.02. The van der Waals surface area contributed by atoms with Crippen LogP contribution in [0.15, 0.2) is 28.9 Å². The highest BCUT2D eigenvalue weighted by Gasteiger charge is 2.10. The van der Waals surface area contributed by atoms with E-state index >= 15 is 0 Å². The molecule has 5 heteroatoms. The van der Waals surface area contributed by atoms with Gasteiger partial charge in [0.25, 0.3) is 0 Å². The summed E-state index contributed by atoms with van der Waals surface area (Å²) in [7, 11) is 0. The maximum atomic E-state index is 6.20. The fourth-order valence-corrected chi connectivity index (χ4v) is 3.33. The summed E-state index contributed by atoms with van der Waals surface area (Å²) in [5, 5.41) is 5.37. The van der Waals surface area contributed by atoms with Crippen molar-refractivity contribution in [3.05, 3.63) is 49.3 Å². The van der Waals surface area contributed by atoms with Crippen LogP contribution in [-0.4, -0.2) is 4.98 Å². The normalized spacial score (nSPS) is 12.6. The Kier molecular flexibility index (Phi) is 5.39. The first-order chi connectivity index (χ1) is 9.10. The monoisotopic (exact) mass is 358 g/mol. The zero-order chi connectivity index (χ0) is 13.8. The van der Waals surface area contributed by atoms with Gasteiger partial charge in [-0.2, -0.15) is 0 Å². The average Bonchev–Trinajstić information content (AvgIpc) is 2.86. The van der Waals surface area contributed by atoms with Gasteiger partial charge in [0, 0.05) is 27.1 Å². The molecule has 1 heterocycles. The molecule has 2 nitrogen and oxygen atoms in total. The zero-order valence-electron chi connectivity index (χ0n) is 10.9. The van der Waals surface area contributed by atoms with E-state index in [9.17, 15) is 0 Å². The van der Waals surface area contributed by atoms with Crippen molar-refractivity contribution in [2.75, 3.05) is 0 Å². The third-order valence-corrected chi connectivity index (χ3v) is 5.07. The zero-order valence-corrected chi connectivity index (χ0v) is 14.1. The molecule has 19 heavy (non-hydrogen) atoms. The molecule has 1 aromatic heterocycles. The van der Waals surface area contributed by atoms with Gasteiger partial charge in [-0.05, 0) is 31.0 Å². The van der Waals surface area contributed by atoms with Crippen LogP contribution in [0.2, 0.25) is 5.02 Å². The van der Waals surface area contributed by atoms with E-state index in [0.29, 0.717) is 0 Å². The lowest BCUT2D eigenvalue weighted by Gasteiger charge is -2.12. The highest BCUT2D eigenvalue weighted by molar-refractivity contribution is 9.10. The Bertz CT molecular complexity index is 556. The van der Waals surface area contributed by atoms with Gasteiger partial charge in [-0.3, -0.25) is 0 Å². The topological polar surface area (TPSA) is 24.9 Å². The first-order valence-electron chi connectivity index (χ1n) is 6.22. The van der Waals surface area contributed by atoms with Crippen molar-refractivity contribution in [2.24, 2.45) is 0 Å². The number of halogens is 2. The highest BCUT2D eigenvalue weighted by Crippen LogP contribution is 2.23. The number of nitrogens with one attached hydrogen (secondary N) is 1. The number of thiazole rings is 1. The molecule has 0 saturated carbocycles. The van der Waals surface area contributed by atoms with Crippen LogP contribution in [0.3, 0.4) is 0 Å². The van der Waals surface area contributed by atoms with E-state index in [1.165, 1.54) is 4.88 Å². The van der Waals surface area contributed by atoms with Crippen LogP contribution in [0.1, 0.15) is 35.3 Å². The summed E-state index contributed by atoms with van der Waals surface area (Å²) < 4.78 is 1.00. The molecule has 1 N–H and O–H groups in total. The van der Waals surface area contributed by atoms with Gasteiger partial charge in [0.2, 0.25) is 0 Å². The Morgan fingerprint density at radius 2 is 2.26 bits per heavy atom. The number of benzene rings is 1. The van der Waals surface area contributed by atoms with Gasteiger partial charge in [-0.15, -0.1) is 11.3 Å². The Labute approximate surface area is 131 Å².